The van der Waals surface area contributed by atoms with Crippen LogP contribution in [0.25, 0.3) is 0 Å². The molecule has 0 bridgehead atoms. The van der Waals surface area contributed by atoms with Gasteiger partial charge in [0.2, 0.25) is 0 Å². The molecule has 0 spiro atoms. The highest BCUT2D eigenvalue weighted by Gasteiger charge is 2.32. The van der Waals surface area contributed by atoms with Gasteiger partial charge in [0.05, 0.1) is 12.7 Å². The lowest BCUT2D eigenvalue weighted by Crippen LogP contribution is -2.48. The number of aromatic nitrogens is 1. The van der Waals surface area contributed by atoms with Gasteiger partial charge < -0.3 is 21.5 Å². The zero-order valence-electron chi connectivity index (χ0n) is 11.2. The number of nitrogens with two attached hydrogens (primary N) is 2. The standard InChI is InChI=1S/C12H19N5O2S/c13-10-9(11(14)18)12(20-16-10)15-4-8-5-17-3-1-2-7(17)6-19-8/h7-8,15H,1-6H2,(H2,13,16)(H2,14,18). The molecule has 7 nitrogen and oxygen atoms in total. The Bertz CT molecular complexity index is 506. The number of morpholine rings is 1. The molecule has 0 saturated carbocycles. The van der Waals surface area contributed by atoms with Crippen LogP contribution >= 0.6 is 11.5 Å². The molecule has 1 aromatic heterocycles. The van der Waals surface area contributed by atoms with Gasteiger partial charge in [0, 0.05) is 19.1 Å². The molecular formula is C12H19N5O2S. The minimum atomic E-state index is -0.553. The van der Waals surface area contributed by atoms with Gasteiger partial charge in [0.25, 0.3) is 5.91 Å². The Morgan fingerprint density at radius 2 is 2.45 bits per heavy atom. The van der Waals surface area contributed by atoms with E-state index in [9.17, 15) is 4.79 Å². The van der Waals surface area contributed by atoms with Crippen LogP contribution in [0, 0.1) is 0 Å². The number of primary amides is 1. The molecule has 2 saturated heterocycles. The Hall–Kier alpha value is -1.38. The van der Waals surface area contributed by atoms with E-state index < -0.39 is 5.91 Å². The van der Waals surface area contributed by atoms with Crippen LogP contribution in [0.2, 0.25) is 0 Å². The molecule has 2 aliphatic rings. The topological polar surface area (TPSA) is 106 Å². The first kappa shape index (κ1) is 13.6. The molecule has 1 aromatic rings. The molecular weight excluding hydrogens is 278 g/mol. The van der Waals surface area contributed by atoms with Crippen molar-refractivity contribution in [2.45, 2.75) is 25.0 Å². The predicted octanol–water partition coefficient (Wildman–Crippen LogP) is 0.0993. The minimum absolute atomic E-state index is 0.119. The van der Waals surface area contributed by atoms with Crippen molar-refractivity contribution < 1.29 is 9.53 Å². The third-order valence-electron chi connectivity index (χ3n) is 3.92. The molecule has 5 N–H and O–H groups in total. The second kappa shape index (κ2) is 5.55. The van der Waals surface area contributed by atoms with Crippen molar-refractivity contribution in [1.29, 1.82) is 0 Å². The molecule has 0 radical (unpaired) electrons. The Kier molecular flexibility index (Phi) is 3.77. The van der Waals surface area contributed by atoms with Crippen molar-refractivity contribution in [3.8, 4) is 0 Å². The van der Waals surface area contributed by atoms with E-state index in [1.807, 2.05) is 0 Å². The van der Waals surface area contributed by atoms with E-state index in [0.29, 0.717) is 17.6 Å². The lowest BCUT2D eigenvalue weighted by atomic mass is 10.2. The van der Waals surface area contributed by atoms with Crippen molar-refractivity contribution in [2.24, 2.45) is 5.73 Å². The lowest BCUT2D eigenvalue weighted by Gasteiger charge is -2.35. The number of nitrogens with zero attached hydrogens (tertiary/aromatic N) is 2. The summed E-state index contributed by atoms with van der Waals surface area (Å²) in [7, 11) is 0. The second-order valence-corrected chi connectivity index (χ2v) is 6.04. The molecule has 0 aliphatic carbocycles. The van der Waals surface area contributed by atoms with Crippen LogP contribution in [0.5, 0.6) is 0 Å². The molecule has 110 valence electrons. The number of amides is 1. The van der Waals surface area contributed by atoms with Crippen LogP contribution in [0.3, 0.4) is 0 Å². The summed E-state index contributed by atoms with van der Waals surface area (Å²) in [5.74, 6) is -0.364. The Morgan fingerprint density at radius 1 is 1.60 bits per heavy atom. The van der Waals surface area contributed by atoms with Gasteiger partial charge in [-0.2, -0.15) is 4.37 Å². The van der Waals surface area contributed by atoms with Crippen LogP contribution in [0.4, 0.5) is 10.8 Å². The van der Waals surface area contributed by atoms with Gasteiger partial charge in [0.15, 0.2) is 5.82 Å². The molecule has 2 atom stereocenters. The van der Waals surface area contributed by atoms with E-state index in [1.54, 1.807) is 0 Å². The molecule has 2 fully saturated rings. The highest BCUT2D eigenvalue weighted by Crippen LogP contribution is 2.27. The van der Waals surface area contributed by atoms with Gasteiger partial charge in [0.1, 0.15) is 10.6 Å². The SMILES string of the molecule is NC(=O)c1c(N)nsc1NCC1CN2CCCC2CO1. The van der Waals surface area contributed by atoms with Crippen molar-refractivity contribution >= 4 is 28.3 Å². The number of carbonyl (C=O) groups is 1. The Morgan fingerprint density at radius 3 is 3.25 bits per heavy atom. The average Bonchev–Trinajstić information content (AvgIpc) is 3.01. The van der Waals surface area contributed by atoms with Gasteiger partial charge in [-0.05, 0) is 30.9 Å². The van der Waals surface area contributed by atoms with Crippen LogP contribution in [0.15, 0.2) is 0 Å². The maximum atomic E-state index is 11.3. The number of anilines is 2. The fourth-order valence-electron chi connectivity index (χ4n) is 2.88. The van der Waals surface area contributed by atoms with Crippen molar-refractivity contribution in [1.82, 2.24) is 9.27 Å². The van der Waals surface area contributed by atoms with Crippen molar-refractivity contribution in [3.05, 3.63) is 5.56 Å². The fourth-order valence-corrected chi connectivity index (χ4v) is 3.60. The van der Waals surface area contributed by atoms with Crippen molar-refractivity contribution in [2.75, 3.05) is 37.3 Å². The largest absolute Gasteiger partial charge is 0.382 e. The normalized spacial score (nSPS) is 26.4. The third-order valence-corrected chi connectivity index (χ3v) is 4.74. The maximum Gasteiger partial charge on any atom is 0.255 e. The van der Waals surface area contributed by atoms with Crippen LogP contribution in [-0.2, 0) is 4.74 Å². The summed E-state index contributed by atoms with van der Waals surface area (Å²) in [5.41, 5.74) is 11.2. The number of nitrogens with one attached hydrogen (secondary N) is 1. The molecule has 1 amide bonds. The third kappa shape index (κ3) is 2.58. The van der Waals surface area contributed by atoms with Crippen molar-refractivity contribution in [3.63, 3.8) is 0 Å². The van der Waals surface area contributed by atoms with Crippen LogP contribution in [0.1, 0.15) is 23.2 Å². The monoisotopic (exact) mass is 297 g/mol. The van der Waals surface area contributed by atoms with Gasteiger partial charge in [-0.15, -0.1) is 0 Å². The highest BCUT2D eigenvalue weighted by molar-refractivity contribution is 7.11. The highest BCUT2D eigenvalue weighted by atomic mass is 32.1. The fraction of sp³-hybridized carbons (Fsp3) is 0.667. The van der Waals surface area contributed by atoms with E-state index in [2.05, 4.69) is 14.6 Å². The zero-order valence-corrected chi connectivity index (χ0v) is 12.0. The number of rotatable bonds is 4. The minimum Gasteiger partial charge on any atom is -0.382 e. The summed E-state index contributed by atoms with van der Waals surface area (Å²) in [6.45, 7) is 3.51. The number of hydrogen-bond donors (Lipinski definition) is 3. The molecule has 3 heterocycles. The van der Waals surface area contributed by atoms with Crippen LogP contribution in [-0.4, -0.2) is 53.6 Å². The Labute approximate surface area is 121 Å². The van der Waals surface area contributed by atoms with E-state index in [-0.39, 0.29) is 17.5 Å². The lowest BCUT2D eigenvalue weighted by molar-refractivity contribution is -0.0415. The van der Waals surface area contributed by atoms with Gasteiger partial charge in [-0.25, -0.2) is 0 Å². The predicted molar refractivity (Wildman–Crippen MR) is 77.9 cm³/mol. The smallest absolute Gasteiger partial charge is 0.255 e. The summed E-state index contributed by atoms with van der Waals surface area (Å²) in [5, 5.41) is 3.82. The number of carbonyl (C=O) groups excluding carboxylic acids is 1. The van der Waals surface area contributed by atoms with Gasteiger partial charge >= 0.3 is 0 Å². The van der Waals surface area contributed by atoms with E-state index in [1.165, 1.54) is 12.8 Å². The summed E-state index contributed by atoms with van der Waals surface area (Å²) in [6, 6.07) is 0.589. The molecule has 2 unspecified atom stereocenters. The summed E-state index contributed by atoms with van der Waals surface area (Å²) < 4.78 is 9.81. The molecule has 0 aromatic carbocycles. The average molecular weight is 297 g/mol. The molecule has 8 heteroatoms. The second-order valence-electron chi connectivity index (χ2n) is 5.26. The first-order valence-electron chi connectivity index (χ1n) is 6.79. The van der Waals surface area contributed by atoms with Gasteiger partial charge in [-0.1, -0.05) is 0 Å². The van der Waals surface area contributed by atoms with E-state index in [4.69, 9.17) is 16.2 Å². The number of nitrogen functional groups attached to an aromatic ring is 1. The zero-order chi connectivity index (χ0) is 14.1. The summed E-state index contributed by atoms with van der Waals surface area (Å²) in [4.78, 5) is 13.8. The first-order valence-corrected chi connectivity index (χ1v) is 7.57. The summed E-state index contributed by atoms with van der Waals surface area (Å²) in [6.07, 6.45) is 2.61. The van der Waals surface area contributed by atoms with Gasteiger partial charge in [-0.3, -0.25) is 9.69 Å². The maximum absolute atomic E-state index is 11.3. The summed E-state index contributed by atoms with van der Waals surface area (Å²) >= 11 is 1.16. The quantitative estimate of drug-likeness (QED) is 0.727. The van der Waals surface area contributed by atoms with Crippen LogP contribution < -0.4 is 16.8 Å². The molecule has 3 rings (SSSR count). The molecule has 2 aliphatic heterocycles. The number of ether oxygens (including phenoxy) is 1. The molecule has 20 heavy (non-hydrogen) atoms. The Balaban J connectivity index is 1.58. The van der Waals surface area contributed by atoms with E-state index >= 15 is 0 Å². The first-order chi connectivity index (χ1) is 9.65. The number of fused-ring (bicyclic) bond motifs is 1. The van der Waals surface area contributed by atoms with E-state index in [0.717, 1.165) is 31.2 Å². The number of hydrogen-bond acceptors (Lipinski definition) is 7.